The number of rotatable bonds is 6. The minimum atomic E-state index is -4.69. The molecule has 6 aromatic rings. The summed E-state index contributed by atoms with van der Waals surface area (Å²) in [6.07, 6.45) is -9.35. The van der Waals surface area contributed by atoms with E-state index in [2.05, 4.69) is 4.42 Å². The minimum Gasteiger partial charge on any atom is -0.478 e. The Balaban J connectivity index is 0.000000183. The summed E-state index contributed by atoms with van der Waals surface area (Å²) in [5.74, 6) is -1.17. The van der Waals surface area contributed by atoms with Gasteiger partial charge in [-0.25, -0.2) is 14.4 Å². The van der Waals surface area contributed by atoms with E-state index in [9.17, 15) is 45.5 Å². The first-order valence-electron chi connectivity index (χ1n) is 20.6. The zero-order chi connectivity index (χ0) is 49.7. The molecule has 0 aliphatic carbocycles. The van der Waals surface area contributed by atoms with Crippen molar-refractivity contribution >= 4 is 64.5 Å². The fourth-order valence-electron chi connectivity index (χ4n) is 6.82. The topological polar surface area (TPSA) is 178 Å². The van der Waals surface area contributed by atoms with Crippen molar-refractivity contribution in [2.24, 2.45) is 0 Å². The predicted octanol–water partition coefficient (Wildman–Crippen LogP) is 8.61. The van der Waals surface area contributed by atoms with E-state index in [1.54, 1.807) is 48.5 Å². The summed E-state index contributed by atoms with van der Waals surface area (Å²) >= 11 is 0. The van der Waals surface area contributed by atoms with E-state index < -0.39 is 66.1 Å². The van der Waals surface area contributed by atoms with Gasteiger partial charge >= 0.3 is 43.8 Å². The number of Topliss-reactive ketones (excluding diaryl/α,β-unsaturated/α-hetero) is 1. The number of nitrogens with two attached hydrogens (primary N) is 1. The Hall–Kier alpha value is -6.21. The molecule has 12 nitrogen and oxygen atoms in total. The normalized spacial score (nSPS) is 17.1. The Kier molecular flexibility index (Phi) is 13.6. The van der Waals surface area contributed by atoms with Gasteiger partial charge in [0.1, 0.15) is 11.2 Å². The first kappa shape index (κ1) is 50.2. The standard InChI is InChI=1S/C24H22BF3O5.C13H17BO4.C10H6F3NO2/c1-22(2)23(3,4)33-25(32-22)16-8-6-15(7-9-16)19(29)11-14-5-10-17-18(24(26,27)28)13-21(30)31-20(17)12-14;1-12(2)13(3,4)18-14(17-12)10-7-5-9(6-8-10)11(15)16;11-10(12,13)7-4-9(15)16-8-3-5(14)1-2-6(7)8/h5-10,12-13H,11H2,1-4H3;5-8H,1-4H3,(H,15,16);1-4H,14H2. The maximum atomic E-state index is 13.2. The van der Waals surface area contributed by atoms with Crippen LogP contribution >= 0.6 is 0 Å². The lowest BCUT2D eigenvalue weighted by atomic mass is 9.78. The molecule has 2 fully saturated rings. The van der Waals surface area contributed by atoms with E-state index in [0.717, 1.165) is 10.9 Å². The van der Waals surface area contributed by atoms with Crippen LogP contribution in [-0.2, 0) is 37.4 Å². The average molecular weight is 935 g/mol. The van der Waals surface area contributed by atoms with E-state index in [0.29, 0.717) is 23.3 Å². The average Bonchev–Trinajstić information content (AvgIpc) is 3.58. The van der Waals surface area contributed by atoms with Gasteiger partial charge in [0.15, 0.2) is 5.78 Å². The SMILES string of the molecule is CC1(C)OB(c2ccc(C(=O)Cc3ccc4c(C(F)(F)F)cc(=O)oc4c3)cc2)OC1(C)C.CC1(C)OB(c2ccc(C(=O)O)cc2)OC1(C)C.Nc1ccc2c(C(F)(F)F)cc(=O)oc2c1. The summed E-state index contributed by atoms with van der Waals surface area (Å²) in [5.41, 5.74) is 2.01. The quantitative estimate of drug-likeness (QED) is 0.0535. The van der Waals surface area contributed by atoms with Gasteiger partial charge < -0.3 is 38.3 Å². The minimum absolute atomic E-state index is 0.0638. The molecule has 0 unspecified atom stereocenters. The number of carbonyl (C=O) groups is 2. The van der Waals surface area contributed by atoms with Crippen LogP contribution in [-0.4, -0.2) is 53.5 Å². The molecule has 0 atom stereocenters. The molecule has 2 saturated heterocycles. The Morgan fingerprint density at radius 2 is 0.925 bits per heavy atom. The van der Waals surface area contributed by atoms with Crippen molar-refractivity contribution in [1.82, 2.24) is 0 Å². The molecule has 4 aromatic carbocycles. The summed E-state index contributed by atoms with van der Waals surface area (Å²) in [7, 11) is -0.997. The maximum Gasteiger partial charge on any atom is 0.494 e. The molecule has 2 aromatic heterocycles. The third-order valence-electron chi connectivity index (χ3n) is 12.0. The van der Waals surface area contributed by atoms with Crippen molar-refractivity contribution in [3.05, 3.63) is 146 Å². The highest BCUT2D eigenvalue weighted by atomic mass is 19.4. The van der Waals surface area contributed by atoms with Gasteiger partial charge in [0, 0.05) is 46.6 Å². The molecule has 67 heavy (non-hydrogen) atoms. The third-order valence-corrected chi connectivity index (χ3v) is 12.0. The highest BCUT2D eigenvalue weighted by molar-refractivity contribution is 6.62. The van der Waals surface area contributed by atoms with Crippen LogP contribution in [0, 0.1) is 0 Å². The van der Waals surface area contributed by atoms with Crippen molar-refractivity contribution in [1.29, 1.82) is 0 Å². The van der Waals surface area contributed by atoms with Gasteiger partial charge in [-0.2, -0.15) is 26.3 Å². The molecule has 8 rings (SSSR count). The second kappa shape index (κ2) is 18.1. The molecule has 20 heteroatoms. The molecule has 0 bridgehead atoms. The van der Waals surface area contributed by atoms with E-state index >= 15 is 0 Å². The number of nitrogen functional groups attached to an aromatic ring is 1. The Morgan fingerprint density at radius 3 is 1.31 bits per heavy atom. The number of carboxylic acid groups (broad SMARTS) is 1. The first-order chi connectivity index (χ1) is 30.9. The van der Waals surface area contributed by atoms with Gasteiger partial charge in [-0.3, -0.25) is 4.79 Å². The molecule has 2 aliphatic rings. The zero-order valence-corrected chi connectivity index (χ0v) is 37.5. The number of fused-ring (bicyclic) bond motifs is 2. The largest absolute Gasteiger partial charge is 0.494 e. The van der Waals surface area contributed by atoms with E-state index in [-0.39, 0.29) is 56.6 Å². The highest BCUT2D eigenvalue weighted by Crippen LogP contribution is 2.39. The Morgan fingerprint density at radius 1 is 0.552 bits per heavy atom. The molecule has 4 heterocycles. The van der Waals surface area contributed by atoms with Gasteiger partial charge in [-0.1, -0.05) is 48.5 Å². The van der Waals surface area contributed by atoms with Crippen LogP contribution in [0.4, 0.5) is 32.0 Å². The lowest BCUT2D eigenvalue weighted by Crippen LogP contribution is -2.41. The summed E-state index contributed by atoms with van der Waals surface area (Å²) in [6, 6.07) is 21.9. The van der Waals surface area contributed by atoms with Crippen LogP contribution < -0.4 is 27.9 Å². The van der Waals surface area contributed by atoms with Crippen molar-refractivity contribution in [2.75, 3.05) is 5.73 Å². The molecule has 0 spiro atoms. The second-order valence-corrected chi connectivity index (χ2v) is 17.9. The van der Waals surface area contributed by atoms with Crippen LogP contribution in [0.2, 0.25) is 0 Å². The van der Waals surface area contributed by atoms with Gasteiger partial charge in [0.25, 0.3) is 0 Å². The number of benzene rings is 4. The highest BCUT2D eigenvalue weighted by Gasteiger charge is 2.52. The van der Waals surface area contributed by atoms with Gasteiger partial charge in [-0.05, 0) is 102 Å². The summed E-state index contributed by atoms with van der Waals surface area (Å²) in [4.78, 5) is 46.1. The molecule has 0 saturated carbocycles. The van der Waals surface area contributed by atoms with E-state index in [4.69, 9.17) is 33.9 Å². The van der Waals surface area contributed by atoms with Crippen molar-refractivity contribution < 1.29 is 68.5 Å². The number of carbonyl (C=O) groups excluding carboxylic acids is 1. The molecule has 3 N–H and O–H groups in total. The smallest absolute Gasteiger partial charge is 0.478 e. The Labute approximate surface area is 380 Å². The number of carboxylic acids is 1. The molecular formula is C47H45B2F6NO11. The molecule has 352 valence electrons. The second-order valence-electron chi connectivity index (χ2n) is 17.9. The zero-order valence-electron chi connectivity index (χ0n) is 37.5. The fourth-order valence-corrected chi connectivity index (χ4v) is 6.82. The number of anilines is 1. The predicted molar refractivity (Wildman–Crippen MR) is 239 cm³/mol. The van der Waals surface area contributed by atoms with Crippen molar-refractivity contribution in [3.8, 4) is 0 Å². The molecule has 2 aliphatic heterocycles. The number of hydrogen-bond acceptors (Lipinski definition) is 11. The molecular weight excluding hydrogens is 890 g/mol. The van der Waals surface area contributed by atoms with Gasteiger partial charge in [0.05, 0.1) is 39.1 Å². The first-order valence-corrected chi connectivity index (χ1v) is 20.6. The third kappa shape index (κ3) is 11.2. The van der Waals surface area contributed by atoms with Crippen molar-refractivity contribution in [3.63, 3.8) is 0 Å². The van der Waals surface area contributed by atoms with Gasteiger partial charge in [0.2, 0.25) is 0 Å². The van der Waals surface area contributed by atoms with E-state index in [1.807, 2.05) is 55.4 Å². The van der Waals surface area contributed by atoms with Crippen LogP contribution in [0.3, 0.4) is 0 Å². The summed E-state index contributed by atoms with van der Waals surface area (Å²) in [6.45, 7) is 15.7. The van der Waals surface area contributed by atoms with Crippen LogP contribution in [0.15, 0.2) is 115 Å². The van der Waals surface area contributed by atoms with Crippen LogP contribution in [0.1, 0.15) is 92.8 Å². The Bertz CT molecular complexity index is 2910. The number of ketones is 1. The lowest BCUT2D eigenvalue weighted by Gasteiger charge is -2.32. The fraction of sp³-hybridized carbons (Fsp3) is 0.319. The summed E-state index contributed by atoms with van der Waals surface area (Å²) in [5, 5.41) is 8.43. The van der Waals surface area contributed by atoms with Crippen molar-refractivity contribution in [2.45, 2.75) is 96.6 Å². The lowest BCUT2D eigenvalue weighted by molar-refractivity contribution is -0.137. The van der Waals surface area contributed by atoms with E-state index in [1.165, 1.54) is 36.4 Å². The number of hydrogen-bond donors (Lipinski definition) is 2. The molecule has 0 radical (unpaired) electrons. The number of halogens is 6. The maximum absolute atomic E-state index is 13.2. The number of aromatic carboxylic acids is 1. The molecule has 0 amide bonds. The van der Waals surface area contributed by atoms with Crippen LogP contribution in [0.5, 0.6) is 0 Å². The monoisotopic (exact) mass is 935 g/mol. The summed E-state index contributed by atoms with van der Waals surface area (Å²) < 4.78 is 111. The number of alkyl halides is 6. The van der Waals surface area contributed by atoms with Crippen LogP contribution in [0.25, 0.3) is 21.9 Å². The van der Waals surface area contributed by atoms with Gasteiger partial charge in [-0.15, -0.1) is 0 Å².